The monoisotopic (exact) mass is 420 g/mol. The summed E-state index contributed by atoms with van der Waals surface area (Å²) < 4.78 is 19.5. The van der Waals surface area contributed by atoms with Crippen LogP contribution in [0.2, 0.25) is 0 Å². The van der Waals surface area contributed by atoms with Gasteiger partial charge in [-0.15, -0.1) is 0 Å². The summed E-state index contributed by atoms with van der Waals surface area (Å²) in [6.07, 6.45) is 0.960. The molecule has 6 nitrogen and oxygen atoms in total. The molecule has 1 fully saturated rings. The maximum atomic E-state index is 14.1. The molecule has 2 heterocycles. The first-order valence-corrected chi connectivity index (χ1v) is 10.3. The maximum Gasteiger partial charge on any atom is 0.253 e. The number of guanidine groups is 1. The predicted molar refractivity (Wildman–Crippen MR) is 118 cm³/mol. The highest BCUT2D eigenvalue weighted by molar-refractivity contribution is 5.85. The van der Waals surface area contributed by atoms with Crippen molar-refractivity contribution in [3.05, 3.63) is 71.7 Å². The van der Waals surface area contributed by atoms with Crippen molar-refractivity contribution in [3.8, 4) is 11.1 Å². The summed E-state index contributed by atoms with van der Waals surface area (Å²) in [7, 11) is 0. The zero-order chi connectivity index (χ0) is 22.0. The number of aromatic nitrogens is 1. The molecule has 4 rings (SSSR count). The molecule has 0 atom stereocenters. The lowest BCUT2D eigenvalue weighted by Crippen LogP contribution is -2.42. The Bertz CT molecular complexity index is 1110. The average Bonchev–Trinajstić information content (AvgIpc) is 3.24. The first-order chi connectivity index (χ1) is 14.8. The minimum absolute atomic E-state index is 0.244. The molecule has 0 spiro atoms. The van der Waals surface area contributed by atoms with Crippen LogP contribution in [0.1, 0.15) is 37.9 Å². The quantitative estimate of drug-likeness (QED) is 0.499. The van der Waals surface area contributed by atoms with E-state index in [9.17, 15) is 9.18 Å². The number of carbonyl (C=O) groups excluding carboxylic acids is 1. The Hall–Kier alpha value is -3.48. The predicted octanol–water partition coefficient (Wildman–Crippen LogP) is 4.42. The number of nitrogens with two attached hydrogens (primary N) is 1. The van der Waals surface area contributed by atoms with E-state index >= 15 is 0 Å². The van der Waals surface area contributed by atoms with Crippen LogP contribution in [-0.2, 0) is 10.2 Å². The van der Waals surface area contributed by atoms with Crippen LogP contribution < -0.4 is 5.73 Å². The van der Waals surface area contributed by atoms with Crippen LogP contribution in [-0.4, -0.2) is 34.9 Å². The second kappa shape index (κ2) is 8.34. The topological polar surface area (TPSA) is 84.7 Å². The molecule has 1 saturated heterocycles. The number of ketones is 1. The van der Waals surface area contributed by atoms with E-state index in [2.05, 4.69) is 10.1 Å². The molecule has 0 radical (unpaired) electrons. The molecule has 1 aromatic heterocycles. The van der Waals surface area contributed by atoms with E-state index in [1.807, 2.05) is 49.1 Å². The van der Waals surface area contributed by atoms with E-state index in [-0.39, 0.29) is 11.6 Å². The number of benzene rings is 2. The van der Waals surface area contributed by atoms with Crippen molar-refractivity contribution in [1.29, 1.82) is 0 Å². The van der Waals surface area contributed by atoms with Gasteiger partial charge in [-0.2, -0.15) is 4.99 Å². The molecule has 31 heavy (non-hydrogen) atoms. The van der Waals surface area contributed by atoms with Crippen LogP contribution in [0.5, 0.6) is 0 Å². The number of nitrogens with zero attached hydrogens (tertiary/aromatic N) is 3. The molecule has 7 heteroatoms. The first-order valence-electron chi connectivity index (χ1n) is 10.3. The number of halogens is 1. The summed E-state index contributed by atoms with van der Waals surface area (Å²) in [6, 6.07) is 16.2. The van der Waals surface area contributed by atoms with E-state index in [0.717, 1.165) is 11.1 Å². The number of Topliss-reactive ketones (excluding diaryl/α,β-unsaturated/α-hetero) is 1. The fourth-order valence-corrected chi connectivity index (χ4v) is 3.69. The van der Waals surface area contributed by atoms with Crippen molar-refractivity contribution in [2.75, 3.05) is 13.1 Å². The molecule has 2 aromatic carbocycles. The van der Waals surface area contributed by atoms with Gasteiger partial charge in [0.1, 0.15) is 11.6 Å². The Morgan fingerprint density at radius 2 is 1.81 bits per heavy atom. The standard InChI is InChI=1S/C24H25FN4O2/c1-24(2,17-9-7-16(8-10-17)19-5-3-4-6-20(19)25)21-15-22(31-28-21)27-23(26)29-13-11-18(30)12-14-29/h3-10,15H,11-14H2,1-2H3,(H2,26,27). The van der Waals surface area contributed by atoms with Crippen molar-refractivity contribution < 1.29 is 13.7 Å². The van der Waals surface area contributed by atoms with Crippen LogP contribution in [0.4, 0.5) is 10.3 Å². The van der Waals surface area contributed by atoms with Crippen molar-refractivity contribution in [3.63, 3.8) is 0 Å². The second-order valence-corrected chi connectivity index (χ2v) is 8.23. The highest BCUT2D eigenvalue weighted by Gasteiger charge is 2.28. The van der Waals surface area contributed by atoms with Crippen LogP contribution in [0.15, 0.2) is 64.1 Å². The summed E-state index contributed by atoms with van der Waals surface area (Å²) in [4.78, 5) is 17.6. The first kappa shape index (κ1) is 20.8. The molecule has 0 aliphatic carbocycles. The van der Waals surface area contributed by atoms with Gasteiger partial charge in [0.15, 0.2) is 5.96 Å². The SMILES string of the molecule is CC(C)(c1ccc(-c2ccccc2F)cc1)c1cc(/N=C(\N)N2CCC(=O)CC2)on1. The number of hydrogen-bond donors (Lipinski definition) is 1. The molecule has 2 N–H and O–H groups in total. The van der Waals surface area contributed by atoms with Crippen LogP contribution in [0, 0.1) is 5.82 Å². The summed E-state index contributed by atoms with van der Waals surface area (Å²) in [5, 5.41) is 4.20. The van der Waals surface area contributed by atoms with Crippen molar-refractivity contribution in [2.45, 2.75) is 32.1 Å². The molecule has 0 unspecified atom stereocenters. The van der Waals surface area contributed by atoms with E-state index in [4.69, 9.17) is 10.3 Å². The van der Waals surface area contributed by atoms with E-state index in [1.165, 1.54) is 6.07 Å². The smallest absolute Gasteiger partial charge is 0.253 e. The van der Waals surface area contributed by atoms with Crippen LogP contribution in [0.3, 0.4) is 0 Å². The lowest BCUT2D eigenvalue weighted by Gasteiger charge is -2.26. The fourth-order valence-electron chi connectivity index (χ4n) is 3.69. The molecule has 160 valence electrons. The third-order valence-electron chi connectivity index (χ3n) is 5.80. The normalized spacial score (nSPS) is 15.4. The number of carbonyl (C=O) groups is 1. The van der Waals surface area contributed by atoms with Gasteiger partial charge in [-0.1, -0.05) is 61.5 Å². The van der Waals surface area contributed by atoms with Crippen molar-refractivity contribution >= 4 is 17.6 Å². The number of hydrogen-bond acceptors (Lipinski definition) is 4. The van der Waals surface area contributed by atoms with Gasteiger partial charge in [-0.25, -0.2) is 4.39 Å². The van der Waals surface area contributed by atoms with E-state index in [1.54, 1.807) is 18.2 Å². The molecular formula is C24H25FN4O2. The van der Waals surface area contributed by atoms with E-state index < -0.39 is 5.41 Å². The summed E-state index contributed by atoms with van der Waals surface area (Å²) in [5.74, 6) is 0.639. The Kier molecular flexibility index (Phi) is 5.59. The van der Waals surface area contributed by atoms with Gasteiger partial charge < -0.3 is 15.2 Å². The average molecular weight is 420 g/mol. The third-order valence-corrected chi connectivity index (χ3v) is 5.80. The molecule has 3 aromatic rings. The van der Waals surface area contributed by atoms with Crippen LogP contribution in [0.25, 0.3) is 11.1 Å². The molecule has 1 aliphatic heterocycles. The molecular weight excluding hydrogens is 395 g/mol. The maximum absolute atomic E-state index is 14.1. The van der Waals surface area contributed by atoms with Gasteiger partial charge in [0.2, 0.25) is 0 Å². The van der Waals surface area contributed by atoms with Crippen LogP contribution >= 0.6 is 0 Å². The highest BCUT2D eigenvalue weighted by atomic mass is 19.1. The van der Waals surface area contributed by atoms with Gasteiger partial charge in [0, 0.05) is 43.0 Å². The minimum atomic E-state index is -0.447. The Morgan fingerprint density at radius 3 is 2.48 bits per heavy atom. The molecule has 0 amide bonds. The number of aliphatic imine (C=N–C) groups is 1. The van der Waals surface area contributed by atoms with Gasteiger partial charge in [0.25, 0.3) is 5.88 Å². The second-order valence-electron chi connectivity index (χ2n) is 8.23. The van der Waals surface area contributed by atoms with Gasteiger partial charge in [-0.3, -0.25) is 4.79 Å². The summed E-state index contributed by atoms with van der Waals surface area (Å²) in [6.45, 7) is 5.20. The largest absolute Gasteiger partial charge is 0.369 e. The lowest BCUT2D eigenvalue weighted by molar-refractivity contribution is -0.120. The highest BCUT2D eigenvalue weighted by Crippen LogP contribution is 2.34. The Labute approximate surface area is 180 Å². The number of rotatable bonds is 4. The zero-order valence-electron chi connectivity index (χ0n) is 17.6. The Morgan fingerprint density at radius 1 is 1.13 bits per heavy atom. The number of likely N-dealkylation sites (tertiary alicyclic amines) is 1. The molecule has 0 saturated carbocycles. The lowest BCUT2D eigenvalue weighted by atomic mass is 9.81. The Balaban J connectivity index is 1.53. The summed E-state index contributed by atoms with van der Waals surface area (Å²) >= 11 is 0. The van der Waals surface area contributed by atoms with Gasteiger partial charge in [0.05, 0.1) is 5.69 Å². The van der Waals surface area contributed by atoms with Crippen molar-refractivity contribution in [1.82, 2.24) is 10.1 Å². The molecule has 0 bridgehead atoms. The molecule has 1 aliphatic rings. The van der Waals surface area contributed by atoms with E-state index in [0.29, 0.717) is 49.0 Å². The van der Waals surface area contributed by atoms with Gasteiger partial charge in [-0.05, 0) is 17.2 Å². The van der Waals surface area contributed by atoms with Gasteiger partial charge >= 0.3 is 0 Å². The van der Waals surface area contributed by atoms with Crippen molar-refractivity contribution in [2.24, 2.45) is 10.7 Å². The number of piperidine rings is 1. The third kappa shape index (κ3) is 4.35. The fraction of sp³-hybridized carbons (Fsp3) is 0.292. The summed E-state index contributed by atoms with van der Waals surface area (Å²) in [5.41, 5.74) is 8.75. The minimum Gasteiger partial charge on any atom is -0.369 e. The zero-order valence-corrected chi connectivity index (χ0v) is 17.6.